The van der Waals surface area contributed by atoms with Crippen LogP contribution in [0.1, 0.15) is 31.6 Å². The fraction of sp³-hybridized carbons (Fsp3) is 0.556. The third kappa shape index (κ3) is 3.48. The molecule has 0 radical (unpaired) electrons. The zero-order valence-corrected chi connectivity index (χ0v) is 14.6. The molecule has 0 unspecified atom stereocenters. The molecule has 6 heteroatoms. The van der Waals surface area contributed by atoms with Crippen molar-refractivity contribution in [2.45, 2.75) is 38.3 Å². The van der Waals surface area contributed by atoms with Gasteiger partial charge in [-0.3, -0.25) is 4.90 Å². The van der Waals surface area contributed by atoms with Gasteiger partial charge in [-0.2, -0.15) is 0 Å². The van der Waals surface area contributed by atoms with Gasteiger partial charge in [0.1, 0.15) is 0 Å². The molecule has 2 saturated heterocycles. The third-order valence-electron chi connectivity index (χ3n) is 5.08. The third-order valence-corrected chi connectivity index (χ3v) is 5.41. The topological polar surface area (TPSA) is 45.4 Å². The zero-order valence-electron chi connectivity index (χ0n) is 13.8. The van der Waals surface area contributed by atoms with Crippen molar-refractivity contribution in [1.82, 2.24) is 20.0 Å². The molecule has 3 heterocycles. The van der Waals surface area contributed by atoms with E-state index < -0.39 is 0 Å². The smallest absolute Gasteiger partial charge is 0.249 e. The molecule has 24 heavy (non-hydrogen) atoms. The lowest BCUT2D eigenvalue weighted by Gasteiger charge is -2.27. The van der Waals surface area contributed by atoms with Crippen LogP contribution in [0.2, 0.25) is 5.02 Å². The van der Waals surface area contributed by atoms with E-state index in [1.807, 2.05) is 24.3 Å². The van der Waals surface area contributed by atoms with E-state index >= 15 is 0 Å². The number of benzene rings is 1. The minimum absolute atomic E-state index is 0.505. The van der Waals surface area contributed by atoms with Gasteiger partial charge in [0.25, 0.3) is 0 Å². The highest BCUT2D eigenvalue weighted by Crippen LogP contribution is 2.27. The van der Waals surface area contributed by atoms with Crippen LogP contribution >= 0.6 is 11.6 Å². The number of nitrogens with zero attached hydrogens (tertiary/aromatic N) is 4. The molecule has 0 aliphatic carbocycles. The Morgan fingerprint density at radius 3 is 2.75 bits per heavy atom. The summed E-state index contributed by atoms with van der Waals surface area (Å²) < 4.78 is 5.87. The fourth-order valence-electron chi connectivity index (χ4n) is 3.81. The number of hydrogen-bond acceptors (Lipinski definition) is 5. The van der Waals surface area contributed by atoms with E-state index in [9.17, 15) is 0 Å². The first-order valence-electron chi connectivity index (χ1n) is 8.83. The Morgan fingerprint density at radius 1 is 1.08 bits per heavy atom. The van der Waals surface area contributed by atoms with Crippen molar-refractivity contribution in [3.8, 4) is 11.5 Å². The first kappa shape index (κ1) is 16.1. The van der Waals surface area contributed by atoms with Crippen LogP contribution in [0.25, 0.3) is 11.5 Å². The summed E-state index contributed by atoms with van der Waals surface area (Å²) in [5.41, 5.74) is 0.799. The van der Waals surface area contributed by atoms with Crippen molar-refractivity contribution in [2.24, 2.45) is 0 Å². The number of likely N-dealkylation sites (tertiary alicyclic amines) is 2. The maximum atomic E-state index is 6.21. The van der Waals surface area contributed by atoms with E-state index in [2.05, 4.69) is 20.0 Å². The van der Waals surface area contributed by atoms with Crippen LogP contribution in [0.4, 0.5) is 0 Å². The summed E-state index contributed by atoms with van der Waals surface area (Å²) >= 11 is 6.21. The zero-order chi connectivity index (χ0) is 16.4. The lowest BCUT2D eigenvalue weighted by atomic mass is 10.2. The molecule has 0 N–H and O–H groups in total. The first-order valence-corrected chi connectivity index (χ1v) is 9.21. The Balaban J connectivity index is 1.42. The molecule has 0 bridgehead atoms. The predicted molar refractivity (Wildman–Crippen MR) is 93.9 cm³/mol. The van der Waals surface area contributed by atoms with E-state index in [-0.39, 0.29) is 0 Å². The van der Waals surface area contributed by atoms with Crippen molar-refractivity contribution in [1.29, 1.82) is 0 Å². The van der Waals surface area contributed by atoms with Gasteiger partial charge in [0, 0.05) is 12.6 Å². The standard InChI is InChI=1S/C18H23ClN4O/c19-16-8-2-1-7-15(16)18-21-20-17(24-18)13-23-11-5-6-14(23)12-22-9-3-4-10-22/h1-2,7-8,14H,3-6,9-13H2/t14-/m1/s1. The quantitative estimate of drug-likeness (QED) is 0.829. The van der Waals surface area contributed by atoms with Crippen LogP contribution < -0.4 is 0 Å². The summed E-state index contributed by atoms with van der Waals surface area (Å²) in [5, 5.41) is 9.05. The minimum Gasteiger partial charge on any atom is -0.419 e. The molecule has 1 aromatic carbocycles. The average molecular weight is 347 g/mol. The summed E-state index contributed by atoms with van der Waals surface area (Å²) in [6, 6.07) is 8.19. The van der Waals surface area contributed by atoms with Crippen molar-refractivity contribution in [3.63, 3.8) is 0 Å². The van der Waals surface area contributed by atoms with Crippen LogP contribution in [0.5, 0.6) is 0 Å². The second-order valence-electron chi connectivity index (χ2n) is 6.76. The molecular weight excluding hydrogens is 324 g/mol. The van der Waals surface area contributed by atoms with Crippen LogP contribution in [-0.4, -0.2) is 52.2 Å². The normalized spacial score (nSPS) is 22.5. The summed E-state index contributed by atoms with van der Waals surface area (Å²) in [4.78, 5) is 5.08. The maximum absolute atomic E-state index is 6.21. The molecule has 2 aromatic rings. The number of rotatable bonds is 5. The van der Waals surface area contributed by atoms with Crippen LogP contribution in [0.15, 0.2) is 28.7 Å². The van der Waals surface area contributed by atoms with Crippen LogP contribution in [0, 0.1) is 0 Å². The SMILES string of the molecule is Clc1ccccc1-c1nnc(CN2CCC[C@@H]2CN2CCCC2)o1. The number of halogens is 1. The number of aromatic nitrogens is 2. The minimum atomic E-state index is 0.505. The van der Waals surface area contributed by atoms with Crippen molar-refractivity contribution in [3.05, 3.63) is 35.2 Å². The Bertz CT molecular complexity index is 683. The van der Waals surface area contributed by atoms with Gasteiger partial charge in [0.05, 0.1) is 17.1 Å². The molecule has 0 spiro atoms. The molecule has 0 amide bonds. The molecule has 1 atom stereocenters. The Kier molecular flexibility index (Phi) is 4.83. The molecular formula is C18H23ClN4O. The van der Waals surface area contributed by atoms with Gasteiger partial charge in [-0.25, -0.2) is 0 Å². The highest BCUT2D eigenvalue weighted by molar-refractivity contribution is 6.33. The summed E-state index contributed by atoms with van der Waals surface area (Å²) in [5.74, 6) is 1.18. The van der Waals surface area contributed by atoms with Crippen LogP contribution in [0.3, 0.4) is 0 Å². The number of hydrogen-bond donors (Lipinski definition) is 0. The van der Waals surface area contributed by atoms with E-state index in [1.165, 1.54) is 45.3 Å². The highest BCUT2D eigenvalue weighted by atomic mass is 35.5. The van der Waals surface area contributed by atoms with E-state index in [4.69, 9.17) is 16.0 Å². The Labute approximate surface area is 147 Å². The van der Waals surface area contributed by atoms with Gasteiger partial charge in [-0.1, -0.05) is 23.7 Å². The van der Waals surface area contributed by atoms with Crippen molar-refractivity contribution < 1.29 is 4.42 Å². The maximum Gasteiger partial charge on any atom is 0.249 e. The molecule has 1 aromatic heterocycles. The molecule has 5 nitrogen and oxygen atoms in total. The lowest BCUT2D eigenvalue weighted by Crippen LogP contribution is -2.38. The highest BCUT2D eigenvalue weighted by Gasteiger charge is 2.28. The molecule has 2 aliphatic heterocycles. The molecule has 0 saturated carbocycles. The predicted octanol–water partition coefficient (Wildman–Crippen LogP) is 3.45. The van der Waals surface area contributed by atoms with E-state index in [0.29, 0.717) is 22.8 Å². The van der Waals surface area contributed by atoms with Gasteiger partial charge in [0.2, 0.25) is 11.8 Å². The molecule has 4 rings (SSSR count). The Morgan fingerprint density at radius 2 is 1.92 bits per heavy atom. The van der Waals surface area contributed by atoms with Gasteiger partial charge in [0.15, 0.2) is 0 Å². The van der Waals surface area contributed by atoms with Gasteiger partial charge in [-0.15, -0.1) is 10.2 Å². The van der Waals surface area contributed by atoms with E-state index in [0.717, 1.165) is 18.7 Å². The first-order chi connectivity index (χ1) is 11.8. The fourth-order valence-corrected chi connectivity index (χ4v) is 4.02. The van der Waals surface area contributed by atoms with Crippen LogP contribution in [-0.2, 0) is 6.54 Å². The van der Waals surface area contributed by atoms with Gasteiger partial charge < -0.3 is 9.32 Å². The molecule has 2 aliphatic rings. The second-order valence-corrected chi connectivity index (χ2v) is 7.16. The van der Waals surface area contributed by atoms with Crippen molar-refractivity contribution >= 4 is 11.6 Å². The summed E-state index contributed by atoms with van der Waals surface area (Å²) in [6.45, 7) is 5.52. The van der Waals surface area contributed by atoms with Gasteiger partial charge >= 0.3 is 0 Å². The lowest BCUT2D eigenvalue weighted by molar-refractivity contribution is 0.173. The summed E-state index contributed by atoms with van der Waals surface area (Å²) in [6.07, 6.45) is 5.21. The van der Waals surface area contributed by atoms with Crippen molar-refractivity contribution in [2.75, 3.05) is 26.2 Å². The van der Waals surface area contributed by atoms with E-state index in [1.54, 1.807) is 0 Å². The average Bonchev–Trinajstić information content (AvgIpc) is 3.32. The van der Waals surface area contributed by atoms with Gasteiger partial charge in [-0.05, 0) is 57.5 Å². The Hall–Kier alpha value is -1.43. The second kappa shape index (κ2) is 7.21. The largest absolute Gasteiger partial charge is 0.419 e. The monoisotopic (exact) mass is 346 g/mol. The molecule has 128 valence electrons. The summed E-state index contributed by atoms with van der Waals surface area (Å²) in [7, 11) is 0. The molecule has 2 fully saturated rings.